The first-order valence-corrected chi connectivity index (χ1v) is 10.0. The van der Waals surface area contributed by atoms with Crippen molar-refractivity contribution in [2.24, 2.45) is 0 Å². The molecule has 3 nitrogen and oxygen atoms in total. The predicted molar refractivity (Wildman–Crippen MR) is 103 cm³/mol. The number of hydrogen-bond donors (Lipinski definition) is 1. The number of nitrogens with one attached hydrogen (secondary N) is 1. The number of benzene rings is 1. The van der Waals surface area contributed by atoms with Crippen LogP contribution >= 0.6 is 23.1 Å². The Morgan fingerprint density at radius 1 is 1.29 bits per heavy atom. The molecule has 1 N–H and O–H groups in total. The molecule has 0 aliphatic rings. The first kappa shape index (κ1) is 17.1. The molecule has 1 aromatic carbocycles. The molecule has 3 aromatic rings. The van der Waals surface area contributed by atoms with Gasteiger partial charge in [-0.1, -0.05) is 18.2 Å². The molecular weight excluding hydrogens is 338 g/mol. The fourth-order valence-corrected chi connectivity index (χ4v) is 4.29. The Balaban J connectivity index is 1.47. The van der Waals surface area contributed by atoms with Crippen LogP contribution in [0.5, 0.6) is 0 Å². The van der Waals surface area contributed by atoms with E-state index in [9.17, 15) is 4.79 Å². The van der Waals surface area contributed by atoms with Crippen LogP contribution in [0.25, 0.3) is 11.0 Å². The van der Waals surface area contributed by atoms with Crippen LogP contribution in [-0.2, 0) is 17.0 Å². The second kappa shape index (κ2) is 7.90. The molecule has 2 heterocycles. The third kappa shape index (κ3) is 4.02. The van der Waals surface area contributed by atoms with E-state index >= 15 is 0 Å². The van der Waals surface area contributed by atoms with Crippen molar-refractivity contribution in [2.75, 3.05) is 12.3 Å². The van der Waals surface area contributed by atoms with Crippen molar-refractivity contribution in [3.63, 3.8) is 0 Å². The Labute approximate surface area is 150 Å². The quantitative estimate of drug-likeness (QED) is 0.622. The summed E-state index contributed by atoms with van der Waals surface area (Å²) in [5, 5.41) is 6.13. The molecule has 3 rings (SSSR count). The van der Waals surface area contributed by atoms with Gasteiger partial charge in [-0.05, 0) is 36.4 Å². The van der Waals surface area contributed by atoms with Crippen LogP contribution in [0.2, 0.25) is 0 Å². The fourth-order valence-electron chi connectivity index (χ4n) is 2.59. The van der Waals surface area contributed by atoms with E-state index in [-0.39, 0.29) is 5.91 Å². The molecule has 0 unspecified atom stereocenters. The molecule has 0 aliphatic carbocycles. The standard InChI is InChI=1S/C19H21NO2S2/c1-13-5-6-17-15(11-22-19(17)14(13)2)10-18(21)20-7-9-23-12-16-4-3-8-24-16/h3-6,8,11H,7,9-10,12H2,1-2H3,(H,20,21). The molecule has 2 aromatic heterocycles. The lowest BCUT2D eigenvalue weighted by atomic mass is 10.0. The van der Waals surface area contributed by atoms with Gasteiger partial charge in [0.2, 0.25) is 5.91 Å². The summed E-state index contributed by atoms with van der Waals surface area (Å²) >= 11 is 3.62. The highest BCUT2D eigenvalue weighted by molar-refractivity contribution is 7.98. The average Bonchev–Trinajstić information content (AvgIpc) is 3.21. The van der Waals surface area contributed by atoms with Crippen LogP contribution in [0.3, 0.4) is 0 Å². The van der Waals surface area contributed by atoms with E-state index in [1.54, 1.807) is 17.6 Å². The number of thiophene rings is 1. The summed E-state index contributed by atoms with van der Waals surface area (Å²) in [6, 6.07) is 8.33. The van der Waals surface area contributed by atoms with Crippen molar-refractivity contribution in [3.05, 3.63) is 57.5 Å². The molecule has 5 heteroatoms. The molecular formula is C19H21NO2S2. The summed E-state index contributed by atoms with van der Waals surface area (Å²) in [5.74, 6) is 1.99. The van der Waals surface area contributed by atoms with E-state index < -0.39 is 0 Å². The van der Waals surface area contributed by atoms with Gasteiger partial charge in [0.05, 0.1) is 12.7 Å². The largest absolute Gasteiger partial charge is 0.464 e. The SMILES string of the molecule is Cc1ccc2c(CC(=O)NCCSCc3cccs3)coc2c1C. The zero-order valence-corrected chi connectivity index (χ0v) is 15.6. The highest BCUT2D eigenvalue weighted by Gasteiger charge is 2.12. The summed E-state index contributed by atoms with van der Waals surface area (Å²) in [5.41, 5.74) is 4.20. The topological polar surface area (TPSA) is 42.2 Å². The van der Waals surface area contributed by atoms with Crippen molar-refractivity contribution >= 4 is 40.0 Å². The fraction of sp³-hybridized carbons (Fsp3) is 0.316. The second-order valence-electron chi connectivity index (χ2n) is 5.80. The smallest absolute Gasteiger partial charge is 0.224 e. The Morgan fingerprint density at radius 2 is 2.17 bits per heavy atom. The normalized spacial score (nSPS) is 11.1. The summed E-state index contributed by atoms with van der Waals surface area (Å²) in [4.78, 5) is 13.5. The van der Waals surface area contributed by atoms with E-state index in [2.05, 4.69) is 42.7 Å². The van der Waals surface area contributed by atoms with Crippen molar-refractivity contribution in [2.45, 2.75) is 26.0 Å². The van der Waals surface area contributed by atoms with Crippen LogP contribution in [0, 0.1) is 13.8 Å². The second-order valence-corrected chi connectivity index (χ2v) is 7.94. The lowest BCUT2D eigenvalue weighted by Gasteiger charge is -2.05. The number of rotatable bonds is 7. The minimum atomic E-state index is 0.0488. The van der Waals surface area contributed by atoms with E-state index in [0.29, 0.717) is 13.0 Å². The molecule has 1 amide bonds. The zero-order valence-electron chi connectivity index (χ0n) is 13.9. The summed E-state index contributed by atoms with van der Waals surface area (Å²) in [7, 11) is 0. The van der Waals surface area contributed by atoms with Crippen molar-refractivity contribution in [3.8, 4) is 0 Å². The maximum Gasteiger partial charge on any atom is 0.224 e. The van der Waals surface area contributed by atoms with Gasteiger partial charge in [0.15, 0.2) is 0 Å². The molecule has 0 aliphatic heterocycles. The van der Waals surface area contributed by atoms with Gasteiger partial charge in [-0.15, -0.1) is 11.3 Å². The van der Waals surface area contributed by atoms with E-state index in [1.165, 1.54) is 10.4 Å². The minimum absolute atomic E-state index is 0.0488. The van der Waals surface area contributed by atoms with Crippen molar-refractivity contribution < 1.29 is 9.21 Å². The molecule has 126 valence electrons. The highest BCUT2D eigenvalue weighted by atomic mass is 32.2. The molecule has 24 heavy (non-hydrogen) atoms. The van der Waals surface area contributed by atoms with Gasteiger partial charge in [-0.2, -0.15) is 11.8 Å². The predicted octanol–water partition coefficient (Wildman–Crippen LogP) is 4.70. The molecule has 0 saturated carbocycles. The van der Waals surface area contributed by atoms with Gasteiger partial charge in [0.1, 0.15) is 5.58 Å². The van der Waals surface area contributed by atoms with E-state index in [1.807, 2.05) is 17.8 Å². The van der Waals surface area contributed by atoms with Gasteiger partial charge in [0, 0.05) is 33.9 Å². The van der Waals surface area contributed by atoms with Gasteiger partial charge in [-0.3, -0.25) is 4.79 Å². The first-order valence-electron chi connectivity index (χ1n) is 7.98. The molecule has 0 spiro atoms. The van der Waals surface area contributed by atoms with Crippen LogP contribution in [-0.4, -0.2) is 18.2 Å². The Bertz CT molecular complexity index is 821. The average molecular weight is 360 g/mol. The molecule has 0 saturated heterocycles. The zero-order chi connectivity index (χ0) is 16.9. The van der Waals surface area contributed by atoms with Crippen LogP contribution in [0.4, 0.5) is 0 Å². The molecule has 0 atom stereocenters. The summed E-state index contributed by atoms with van der Waals surface area (Å²) < 4.78 is 5.66. The van der Waals surface area contributed by atoms with E-state index in [4.69, 9.17) is 4.42 Å². The van der Waals surface area contributed by atoms with Gasteiger partial charge in [-0.25, -0.2) is 0 Å². The number of hydrogen-bond acceptors (Lipinski definition) is 4. The maximum absolute atomic E-state index is 12.1. The number of furan rings is 1. The minimum Gasteiger partial charge on any atom is -0.464 e. The van der Waals surface area contributed by atoms with Crippen LogP contribution in [0.1, 0.15) is 21.6 Å². The number of aryl methyl sites for hydroxylation is 2. The molecule has 0 radical (unpaired) electrons. The molecule has 0 fully saturated rings. The third-order valence-corrected chi connectivity index (χ3v) is 6.15. The van der Waals surface area contributed by atoms with Crippen LogP contribution in [0.15, 0.2) is 40.3 Å². The van der Waals surface area contributed by atoms with Gasteiger partial charge < -0.3 is 9.73 Å². The third-order valence-electron chi connectivity index (χ3n) is 4.09. The number of carbonyl (C=O) groups excluding carboxylic acids is 1. The number of amides is 1. The lowest BCUT2D eigenvalue weighted by Crippen LogP contribution is -2.27. The van der Waals surface area contributed by atoms with Crippen LogP contribution < -0.4 is 5.32 Å². The van der Waals surface area contributed by atoms with Gasteiger partial charge in [0.25, 0.3) is 0 Å². The van der Waals surface area contributed by atoms with Crippen molar-refractivity contribution in [1.82, 2.24) is 5.32 Å². The Morgan fingerprint density at radius 3 is 2.96 bits per heavy atom. The molecule has 0 bridgehead atoms. The maximum atomic E-state index is 12.1. The Hall–Kier alpha value is -1.72. The first-order chi connectivity index (χ1) is 11.6. The lowest BCUT2D eigenvalue weighted by molar-refractivity contribution is -0.120. The van der Waals surface area contributed by atoms with Gasteiger partial charge >= 0.3 is 0 Å². The summed E-state index contributed by atoms with van der Waals surface area (Å²) in [6.45, 7) is 4.82. The number of thioether (sulfide) groups is 1. The highest BCUT2D eigenvalue weighted by Crippen LogP contribution is 2.26. The van der Waals surface area contributed by atoms with E-state index in [0.717, 1.165) is 33.6 Å². The number of carbonyl (C=O) groups is 1. The monoisotopic (exact) mass is 359 g/mol. The van der Waals surface area contributed by atoms with Crippen molar-refractivity contribution in [1.29, 1.82) is 0 Å². The summed E-state index contributed by atoms with van der Waals surface area (Å²) in [6.07, 6.45) is 2.08. The Kier molecular flexibility index (Phi) is 5.63. The number of fused-ring (bicyclic) bond motifs is 1.